The number of aryl methyl sites for hydroxylation is 1. The number of nitrogens with zero attached hydrogens (tertiary/aromatic N) is 1. The van der Waals surface area contributed by atoms with Crippen molar-refractivity contribution in [2.45, 2.75) is 19.8 Å². The minimum atomic E-state index is 0.945. The summed E-state index contributed by atoms with van der Waals surface area (Å²) in [5.41, 5.74) is 2.33. The summed E-state index contributed by atoms with van der Waals surface area (Å²) in [7, 11) is 0. The number of hydrogen-bond donors (Lipinski definition) is 1. The fourth-order valence-electron chi connectivity index (χ4n) is 1.03. The summed E-state index contributed by atoms with van der Waals surface area (Å²) in [4.78, 5) is 0. The number of benzene rings is 1. The molecule has 1 aromatic carbocycles. The van der Waals surface area contributed by atoms with Crippen LogP contribution in [0, 0.1) is 0 Å². The van der Waals surface area contributed by atoms with Crippen LogP contribution >= 0.6 is 0 Å². The fourth-order valence-corrected chi connectivity index (χ4v) is 1.03. The maximum Gasteiger partial charge on any atom is 0.0348 e. The Balaban J connectivity index is 2.44. The van der Waals surface area contributed by atoms with Gasteiger partial charge in [-0.15, -0.1) is 0 Å². The van der Waals surface area contributed by atoms with Crippen LogP contribution in [0.1, 0.15) is 18.9 Å². The van der Waals surface area contributed by atoms with Crippen LogP contribution < -0.4 is 5.84 Å². The summed E-state index contributed by atoms with van der Waals surface area (Å²) in [5, 5.41) is 3.62. The van der Waals surface area contributed by atoms with Gasteiger partial charge in [-0.05, 0) is 25.3 Å². The maximum absolute atomic E-state index is 5.12. The van der Waals surface area contributed by atoms with Crippen LogP contribution in [0.5, 0.6) is 0 Å². The van der Waals surface area contributed by atoms with E-state index >= 15 is 0 Å². The van der Waals surface area contributed by atoms with Crippen LogP contribution in [0.25, 0.3) is 0 Å². The van der Waals surface area contributed by atoms with Crippen molar-refractivity contribution in [2.75, 3.05) is 0 Å². The van der Waals surface area contributed by atoms with E-state index in [1.807, 2.05) is 25.1 Å². The molecule has 64 valence electrons. The maximum atomic E-state index is 5.12. The standard InChI is InChI=1S/C10H14N2/c1-9(12-11)7-8-10-5-3-2-4-6-10/h2-6H,7-8,11H2,1H3/b12-9+. The third kappa shape index (κ3) is 2.74. The van der Waals surface area contributed by atoms with Gasteiger partial charge in [0.15, 0.2) is 0 Å². The third-order valence-corrected chi connectivity index (χ3v) is 1.84. The molecule has 0 saturated heterocycles. The Bertz CT molecular complexity index is 252. The molecule has 2 heteroatoms. The Morgan fingerprint density at radius 1 is 1.33 bits per heavy atom. The highest BCUT2D eigenvalue weighted by Gasteiger charge is 1.93. The van der Waals surface area contributed by atoms with Gasteiger partial charge in [0.05, 0.1) is 0 Å². The first-order chi connectivity index (χ1) is 5.83. The van der Waals surface area contributed by atoms with Gasteiger partial charge in [0.25, 0.3) is 0 Å². The van der Waals surface area contributed by atoms with Gasteiger partial charge in [-0.3, -0.25) is 0 Å². The van der Waals surface area contributed by atoms with Gasteiger partial charge in [0.2, 0.25) is 0 Å². The lowest BCUT2D eigenvalue weighted by Crippen LogP contribution is -1.98. The van der Waals surface area contributed by atoms with E-state index in [-0.39, 0.29) is 0 Å². The Morgan fingerprint density at radius 2 is 2.00 bits per heavy atom. The van der Waals surface area contributed by atoms with Gasteiger partial charge in [0.1, 0.15) is 0 Å². The summed E-state index contributed by atoms with van der Waals surface area (Å²) in [6.45, 7) is 1.95. The number of hydrogen-bond acceptors (Lipinski definition) is 2. The molecule has 0 aliphatic carbocycles. The molecule has 0 atom stereocenters. The van der Waals surface area contributed by atoms with Gasteiger partial charge < -0.3 is 5.84 Å². The van der Waals surface area contributed by atoms with Crippen molar-refractivity contribution in [3.05, 3.63) is 35.9 Å². The van der Waals surface area contributed by atoms with E-state index in [1.54, 1.807) is 0 Å². The second-order valence-corrected chi connectivity index (χ2v) is 2.85. The highest BCUT2D eigenvalue weighted by Crippen LogP contribution is 2.02. The van der Waals surface area contributed by atoms with Crippen LogP contribution in [0.2, 0.25) is 0 Å². The zero-order valence-electron chi connectivity index (χ0n) is 7.33. The Hall–Kier alpha value is -1.31. The van der Waals surface area contributed by atoms with Gasteiger partial charge in [-0.2, -0.15) is 5.10 Å². The van der Waals surface area contributed by atoms with Crippen molar-refractivity contribution in [1.29, 1.82) is 0 Å². The predicted octanol–water partition coefficient (Wildman–Crippen LogP) is 1.95. The summed E-state index contributed by atoms with van der Waals surface area (Å²) in [6.07, 6.45) is 1.97. The quantitative estimate of drug-likeness (QED) is 0.412. The van der Waals surface area contributed by atoms with Crippen LogP contribution in [-0.2, 0) is 6.42 Å². The second kappa shape index (κ2) is 4.54. The number of nitrogens with two attached hydrogens (primary N) is 1. The summed E-state index contributed by atoms with van der Waals surface area (Å²) >= 11 is 0. The van der Waals surface area contributed by atoms with E-state index in [0.717, 1.165) is 18.6 Å². The normalized spacial score (nSPS) is 11.6. The monoisotopic (exact) mass is 162 g/mol. The molecular weight excluding hydrogens is 148 g/mol. The smallest absolute Gasteiger partial charge is 0.0348 e. The molecule has 1 aromatic rings. The molecule has 2 nitrogen and oxygen atoms in total. The zero-order valence-corrected chi connectivity index (χ0v) is 7.33. The minimum absolute atomic E-state index is 0.945. The van der Waals surface area contributed by atoms with Crippen LogP contribution in [0.3, 0.4) is 0 Å². The molecule has 0 radical (unpaired) electrons. The fraction of sp³-hybridized carbons (Fsp3) is 0.300. The van der Waals surface area contributed by atoms with Gasteiger partial charge in [0, 0.05) is 5.71 Å². The van der Waals surface area contributed by atoms with E-state index in [1.165, 1.54) is 5.56 Å². The van der Waals surface area contributed by atoms with E-state index < -0.39 is 0 Å². The molecule has 0 heterocycles. The molecule has 1 rings (SSSR count). The van der Waals surface area contributed by atoms with E-state index in [2.05, 4.69) is 17.2 Å². The van der Waals surface area contributed by atoms with Crippen molar-refractivity contribution in [1.82, 2.24) is 0 Å². The molecular formula is C10H14N2. The molecule has 0 aliphatic heterocycles. The summed E-state index contributed by atoms with van der Waals surface area (Å²) in [5.74, 6) is 5.12. The topological polar surface area (TPSA) is 38.4 Å². The zero-order chi connectivity index (χ0) is 8.81. The molecule has 12 heavy (non-hydrogen) atoms. The molecule has 0 fully saturated rings. The second-order valence-electron chi connectivity index (χ2n) is 2.85. The van der Waals surface area contributed by atoms with Crippen molar-refractivity contribution < 1.29 is 0 Å². The first-order valence-electron chi connectivity index (χ1n) is 4.10. The third-order valence-electron chi connectivity index (χ3n) is 1.84. The Morgan fingerprint density at radius 3 is 2.58 bits per heavy atom. The average Bonchev–Trinajstić information content (AvgIpc) is 2.16. The van der Waals surface area contributed by atoms with Crippen LogP contribution in [0.4, 0.5) is 0 Å². The average molecular weight is 162 g/mol. The summed E-state index contributed by atoms with van der Waals surface area (Å²) < 4.78 is 0. The van der Waals surface area contributed by atoms with Crippen molar-refractivity contribution >= 4 is 5.71 Å². The van der Waals surface area contributed by atoms with Crippen molar-refractivity contribution in [3.8, 4) is 0 Å². The molecule has 0 spiro atoms. The highest BCUT2D eigenvalue weighted by molar-refractivity contribution is 5.81. The first-order valence-corrected chi connectivity index (χ1v) is 4.10. The molecule has 0 bridgehead atoms. The van der Waals surface area contributed by atoms with Crippen LogP contribution in [-0.4, -0.2) is 5.71 Å². The lowest BCUT2D eigenvalue weighted by atomic mass is 10.1. The molecule has 0 amide bonds. The SMILES string of the molecule is C/C(CCc1ccccc1)=N\N. The molecule has 0 aromatic heterocycles. The lowest BCUT2D eigenvalue weighted by molar-refractivity contribution is 1.02. The lowest BCUT2D eigenvalue weighted by Gasteiger charge is -1.99. The van der Waals surface area contributed by atoms with Gasteiger partial charge in [-0.1, -0.05) is 30.3 Å². The Labute approximate surface area is 73.1 Å². The Kier molecular flexibility index (Phi) is 3.33. The molecule has 0 aliphatic rings. The molecule has 2 N–H and O–H groups in total. The minimum Gasteiger partial charge on any atom is -0.323 e. The van der Waals surface area contributed by atoms with Crippen LogP contribution in [0.15, 0.2) is 35.4 Å². The predicted molar refractivity (Wildman–Crippen MR) is 52.1 cm³/mol. The van der Waals surface area contributed by atoms with Crippen molar-refractivity contribution in [2.24, 2.45) is 10.9 Å². The van der Waals surface area contributed by atoms with E-state index in [4.69, 9.17) is 5.84 Å². The number of hydrazone groups is 1. The van der Waals surface area contributed by atoms with E-state index in [0.29, 0.717) is 0 Å². The summed E-state index contributed by atoms with van der Waals surface area (Å²) in [6, 6.07) is 10.3. The van der Waals surface area contributed by atoms with Crippen molar-refractivity contribution in [3.63, 3.8) is 0 Å². The number of rotatable bonds is 3. The van der Waals surface area contributed by atoms with Gasteiger partial charge in [-0.25, -0.2) is 0 Å². The molecule has 0 saturated carbocycles. The largest absolute Gasteiger partial charge is 0.323 e. The van der Waals surface area contributed by atoms with E-state index in [9.17, 15) is 0 Å². The highest BCUT2D eigenvalue weighted by atomic mass is 15.1. The molecule has 0 unspecified atom stereocenters. The first kappa shape index (κ1) is 8.78. The van der Waals surface area contributed by atoms with Gasteiger partial charge >= 0.3 is 0 Å².